The quantitative estimate of drug-likeness (QED) is 0.372. The van der Waals surface area contributed by atoms with E-state index in [9.17, 15) is 9.59 Å². The maximum Gasteiger partial charge on any atom is 0.270 e. The molecule has 9 heteroatoms. The summed E-state index contributed by atoms with van der Waals surface area (Å²) in [5.41, 5.74) is 11.6. The van der Waals surface area contributed by atoms with Crippen LogP contribution in [-0.4, -0.2) is 36.4 Å². The molecular formula is C27H25N7O2. The van der Waals surface area contributed by atoms with Gasteiger partial charge >= 0.3 is 0 Å². The third-order valence-electron chi connectivity index (χ3n) is 6.21. The number of aromatic nitrogens is 5. The van der Waals surface area contributed by atoms with Crippen molar-refractivity contribution in [3.05, 3.63) is 89.0 Å². The Morgan fingerprint density at radius 2 is 1.72 bits per heavy atom. The fourth-order valence-electron chi connectivity index (χ4n) is 4.25. The number of rotatable bonds is 5. The summed E-state index contributed by atoms with van der Waals surface area (Å²) in [4.78, 5) is 39.0. The zero-order chi connectivity index (χ0) is 25.2. The molecule has 0 atom stereocenters. The molecule has 3 aromatic heterocycles. The third kappa shape index (κ3) is 4.50. The molecular weight excluding hydrogens is 454 g/mol. The van der Waals surface area contributed by atoms with E-state index in [0.29, 0.717) is 34.4 Å². The van der Waals surface area contributed by atoms with Gasteiger partial charge in [-0.3, -0.25) is 20.4 Å². The number of para-hydroxylation sites is 1. The van der Waals surface area contributed by atoms with E-state index >= 15 is 0 Å². The molecule has 180 valence electrons. The number of hydrogen-bond donors (Lipinski definition) is 2. The molecule has 0 bridgehead atoms. The highest BCUT2D eigenvalue weighted by Crippen LogP contribution is 2.25. The molecule has 0 aliphatic rings. The first-order chi connectivity index (χ1) is 17.4. The molecule has 0 saturated heterocycles. The van der Waals surface area contributed by atoms with E-state index in [2.05, 4.69) is 25.9 Å². The number of nitrogens with one attached hydrogen (secondary N) is 2. The summed E-state index contributed by atoms with van der Waals surface area (Å²) in [5, 5.41) is 4.89. The minimum Gasteiger partial charge on any atom is -0.273 e. The summed E-state index contributed by atoms with van der Waals surface area (Å²) in [6.45, 7) is 5.83. The van der Waals surface area contributed by atoms with E-state index in [0.717, 1.165) is 28.1 Å². The summed E-state index contributed by atoms with van der Waals surface area (Å²) < 4.78 is 1.65. The van der Waals surface area contributed by atoms with Crippen molar-refractivity contribution >= 4 is 28.5 Å². The molecule has 0 fully saturated rings. The summed E-state index contributed by atoms with van der Waals surface area (Å²) in [6.07, 6.45) is 2.08. The number of pyridine rings is 1. The van der Waals surface area contributed by atoms with Gasteiger partial charge in [0.15, 0.2) is 0 Å². The van der Waals surface area contributed by atoms with Crippen LogP contribution in [0.4, 0.5) is 0 Å². The zero-order valence-electron chi connectivity index (χ0n) is 20.2. The number of benzene rings is 2. The molecule has 9 nitrogen and oxygen atoms in total. The van der Waals surface area contributed by atoms with Crippen LogP contribution in [0.15, 0.2) is 60.9 Å². The van der Waals surface area contributed by atoms with Gasteiger partial charge in [-0.1, -0.05) is 48.0 Å². The Kier molecular flexibility index (Phi) is 6.12. The molecule has 0 saturated carbocycles. The molecule has 2 amide bonds. The third-order valence-corrected chi connectivity index (χ3v) is 6.21. The number of carbonyl (C=O) groups is 2. The molecule has 0 unspecified atom stereocenters. The molecule has 0 aliphatic carbocycles. The predicted octanol–water partition coefficient (Wildman–Crippen LogP) is 3.66. The summed E-state index contributed by atoms with van der Waals surface area (Å²) in [6, 6.07) is 17.2. The highest BCUT2D eigenvalue weighted by Gasteiger charge is 2.16. The lowest BCUT2D eigenvalue weighted by molar-refractivity contribution is -0.121. The fraction of sp³-hybridized carbons (Fsp3) is 0.185. The standard InChI is InChI=1S/C27H25N7O2/c1-16-8-10-19(11-9-16)24-14-22(21-6-4-5-7-23(21)31-24)26(36)33-32-25(35)13-12-20-17(2)30-27-28-15-29-34(27)18(20)3/h4-11,14-15H,12-13H2,1-3H3,(H,32,35)(H,33,36). The highest BCUT2D eigenvalue weighted by atomic mass is 16.2. The second kappa shape index (κ2) is 9.53. The highest BCUT2D eigenvalue weighted by molar-refractivity contribution is 6.07. The number of nitrogens with zero attached hydrogens (tertiary/aromatic N) is 5. The van der Waals surface area contributed by atoms with Crippen LogP contribution >= 0.6 is 0 Å². The molecule has 36 heavy (non-hydrogen) atoms. The van der Waals surface area contributed by atoms with Crippen LogP contribution in [0.3, 0.4) is 0 Å². The molecule has 5 aromatic rings. The molecule has 0 radical (unpaired) electrons. The van der Waals surface area contributed by atoms with Crippen molar-refractivity contribution in [1.82, 2.24) is 35.4 Å². The van der Waals surface area contributed by atoms with E-state index in [4.69, 9.17) is 4.98 Å². The molecule has 2 aromatic carbocycles. The number of hydrogen-bond acceptors (Lipinski definition) is 6. The van der Waals surface area contributed by atoms with Gasteiger partial charge in [0.05, 0.1) is 16.8 Å². The van der Waals surface area contributed by atoms with Gasteiger partial charge in [-0.2, -0.15) is 10.1 Å². The van der Waals surface area contributed by atoms with Crippen molar-refractivity contribution in [3.63, 3.8) is 0 Å². The second-order valence-electron chi connectivity index (χ2n) is 8.67. The Bertz CT molecular complexity index is 1610. The smallest absolute Gasteiger partial charge is 0.270 e. The van der Waals surface area contributed by atoms with Crippen LogP contribution in [0, 0.1) is 20.8 Å². The van der Waals surface area contributed by atoms with E-state index in [1.54, 1.807) is 10.6 Å². The topological polar surface area (TPSA) is 114 Å². The number of fused-ring (bicyclic) bond motifs is 2. The zero-order valence-corrected chi connectivity index (χ0v) is 20.2. The number of amides is 2. The van der Waals surface area contributed by atoms with Gasteiger partial charge in [-0.05, 0) is 44.9 Å². The van der Waals surface area contributed by atoms with Crippen molar-refractivity contribution in [2.75, 3.05) is 0 Å². The Hall–Kier alpha value is -4.66. The van der Waals surface area contributed by atoms with Crippen molar-refractivity contribution in [2.24, 2.45) is 0 Å². The molecule has 0 aliphatic heterocycles. The number of hydrazine groups is 1. The first-order valence-electron chi connectivity index (χ1n) is 11.6. The summed E-state index contributed by atoms with van der Waals surface area (Å²) in [5.74, 6) is -0.189. The average Bonchev–Trinajstić information content (AvgIpc) is 3.35. The van der Waals surface area contributed by atoms with Gasteiger partial charge in [-0.25, -0.2) is 14.5 Å². The van der Waals surface area contributed by atoms with Gasteiger partial charge in [0.25, 0.3) is 11.7 Å². The Labute approximate surface area is 207 Å². The van der Waals surface area contributed by atoms with Crippen LogP contribution in [0.2, 0.25) is 0 Å². The number of aryl methyl sites for hydroxylation is 3. The molecule has 3 heterocycles. The Morgan fingerprint density at radius 1 is 0.944 bits per heavy atom. The average molecular weight is 480 g/mol. The van der Waals surface area contributed by atoms with E-state index in [1.807, 2.05) is 69.3 Å². The van der Waals surface area contributed by atoms with Gasteiger partial charge in [-0.15, -0.1) is 0 Å². The van der Waals surface area contributed by atoms with Crippen molar-refractivity contribution in [2.45, 2.75) is 33.6 Å². The predicted molar refractivity (Wildman–Crippen MR) is 136 cm³/mol. The molecule has 0 spiro atoms. The first-order valence-corrected chi connectivity index (χ1v) is 11.6. The van der Waals surface area contributed by atoms with Crippen molar-refractivity contribution < 1.29 is 9.59 Å². The maximum atomic E-state index is 13.1. The van der Waals surface area contributed by atoms with Gasteiger partial charge in [0, 0.05) is 28.8 Å². The largest absolute Gasteiger partial charge is 0.273 e. The first kappa shape index (κ1) is 23.1. The Balaban J connectivity index is 1.31. The van der Waals surface area contributed by atoms with Gasteiger partial charge in [0.1, 0.15) is 6.33 Å². The van der Waals surface area contributed by atoms with E-state index in [-0.39, 0.29) is 12.3 Å². The minimum atomic E-state index is -0.409. The van der Waals surface area contributed by atoms with Crippen LogP contribution in [0.5, 0.6) is 0 Å². The number of carbonyl (C=O) groups excluding carboxylic acids is 2. The maximum absolute atomic E-state index is 13.1. The molecule has 5 rings (SSSR count). The lowest BCUT2D eigenvalue weighted by Gasteiger charge is -2.13. The lowest BCUT2D eigenvalue weighted by Crippen LogP contribution is -2.41. The van der Waals surface area contributed by atoms with E-state index < -0.39 is 5.91 Å². The fourth-order valence-corrected chi connectivity index (χ4v) is 4.25. The summed E-state index contributed by atoms with van der Waals surface area (Å²) in [7, 11) is 0. The second-order valence-corrected chi connectivity index (χ2v) is 8.67. The Morgan fingerprint density at radius 3 is 2.53 bits per heavy atom. The van der Waals surface area contributed by atoms with Crippen LogP contribution in [0.25, 0.3) is 27.9 Å². The monoisotopic (exact) mass is 479 g/mol. The van der Waals surface area contributed by atoms with E-state index in [1.165, 1.54) is 6.33 Å². The van der Waals surface area contributed by atoms with Crippen LogP contribution in [0.1, 0.15) is 39.3 Å². The lowest BCUT2D eigenvalue weighted by atomic mass is 10.0. The minimum absolute atomic E-state index is 0.176. The van der Waals surface area contributed by atoms with Gasteiger partial charge < -0.3 is 0 Å². The van der Waals surface area contributed by atoms with Crippen LogP contribution < -0.4 is 10.9 Å². The van der Waals surface area contributed by atoms with Crippen LogP contribution in [-0.2, 0) is 11.2 Å². The van der Waals surface area contributed by atoms with Crippen molar-refractivity contribution in [1.29, 1.82) is 0 Å². The molecule has 2 N–H and O–H groups in total. The van der Waals surface area contributed by atoms with Crippen molar-refractivity contribution in [3.8, 4) is 11.3 Å². The SMILES string of the molecule is Cc1ccc(-c2cc(C(=O)NNC(=O)CCc3c(C)nc4ncnn4c3C)c3ccccc3n2)cc1. The normalized spacial score (nSPS) is 11.1. The van der Waals surface area contributed by atoms with Gasteiger partial charge in [0.2, 0.25) is 5.91 Å². The summed E-state index contributed by atoms with van der Waals surface area (Å²) >= 11 is 0.